The Morgan fingerprint density at radius 1 is 1.10 bits per heavy atom. The van der Waals surface area contributed by atoms with Crippen molar-refractivity contribution in [3.05, 3.63) is 27.8 Å². The lowest BCUT2D eigenvalue weighted by Gasteiger charge is -2.14. The SMILES string of the molecule is O=C(COc1ccc(I)cc1)OCC(=O)N1CCCC1. The third-order valence-electron chi connectivity index (χ3n) is 2.99. The number of halogens is 1. The van der Waals surface area contributed by atoms with Crippen LogP contribution in [0.2, 0.25) is 0 Å². The van der Waals surface area contributed by atoms with Crippen LogP contribution in [0.4, 0.5) is 0 Å². The zero-order valence-corrected chi connectivity index (χ0v) is 13.2. The first kappa shape index (κ1) is 15.1. The van der Waals surface area contributed by atoms with Gasteiger partial charge in [0.1, 0.15) is 5.75 Å². The predicted octanol–water partition coefficient (Wildman–Crippen LogP) is 1.84. The van der Waals surface area contributed by atoms with Crippen LogP contribution in [0.3, 0.4) is 0 Å². The van der Waals surface area contributed by atoms with Gasteiger partial charge in [-0.25, -0.2) is 4.79 Å². The molecule has 0 spiro atoms. The van der Waals surface area contributed by atoms with E-state index in [0.717, 1.165) is 29.5 Å². The predicted molar refractivity (Wildman–Crippen MR) is 81.4 cm³/mol. The van der Waals surface area contributed by atoms with Gasteiger partial charge in [-0.15, -0.1) is 0 Å². The van der Waals surface area contributed by atoms with Crippen LogP contribution in [0.1, 0.15) is 12.8 Å². The maximum absolute atomic E-state index is 11.7. The van der Waals surface area contributed by atoms with Gasteiger partial charge in [-0.3, -0.25) is 4.79 Å². The van der Waals surface area contributed by atoms with Crippen LogP contribution in [0.5, 0.6) is 5.75 Å². The van der Waals surface area contributed by atoms with E-state index in [1.165, 1.54) is 0 Å². The molecule has 0 N–H and O–H groups in total. The van der Waals surface area contributed by atoms with Gasteiger partial charge in [0, 0.05) is 16.7 Å². The number of ether oxygens (including phenoxy) is 2. The molecule has 0 aliphatic carbocycles. The van der Waals surface area contributed by atoms with Gasteiger partial charge in [0.25, 0.3) is 5.91 Å². The van der Waals surface area contributed by atoms with Crippen molar-refractivity contribution in [1.82, 2.24) is 4.90 Å². The highest BCUT2D eigenvalue weighted by atomic mass is 127. The normalized spacial score (nSPS) is 14.2. The second-order valence-electron chi connectivity index (χ2n) is 4.49. The fourth-order valence-corrected chi connectivity index (χ4v) is 2.27. The smallest absolute Gasteiger partial charge is 0.344 e. The monoisotopic (exact) mass is 389 g/mol. The van der Waals surface area contributed by atoms with Crippen molar-refractivity contribution in [2.24, 2.45) is 0 Å². The van der Waals surface area contributed by atoms with Crippen LogP contribution >= 0.6 is 22.6 Å². The van der Waals surface area contributed by atoms with Crippen LogP contribution < -0.4 is 4.74 Å². The molecule has 1 heterocycles. The van der Waals surface area contributed by atoms with Crippen LogP contribution in [0.15, 0.2) is 24.3 Å². The van der Waals surface area contributed by atoms with Gasteiger partial charge in [0.05, 0.1) is 0 Å². The fourth-order valence-electron chi connectivity index (χ4n) is 1.91. The molecule has 108 valence electrons. The summed E-state index contributed by atoms with van der Waals surface area (Å²) in [7, 11) is 0. The number of hydrogen-bond donors (Lipinski definition) is 0. The van der Waals surface area contributed by atoms with Gasteiger partial charge in [-0.1, -0.05) is 0 Å². The summed E-state index contributed by atoms with van der Waals surface area (Å²) >= 11 is 2.19. The average Bonchev–Trinajstić information content (AvgIpc) is 2.98. The largest absolute Gasteiger partial charge is 0.482 e. The molecule has 0 unspecified atom stereocenters. The van der Waals surface area contributed by atoms with Gasteiger partial charge in [0.15, 0.2) is 13.2 Å². The van der Waals surface area contributed by atoms with Crippen LogP contribution in [0.25, 0.3) is 0 Å². The minimum Gasteiger partial charge on any atom is -0.482 e. The summed E-state index contributed by atoms with van der Waals surface area (Å²) in [5.74, 6) is -0.0607. The van der Waals surface area contributed by atoms with Crippen LogP contribution in [-0.4, -0.2) is 43.1 Å². The van der Waals surface area contributed by atoms with E-state index in [4.69, 9.17) is 9.47 Å². The van der Waals surface area contributed by atoms with E-state index in [0.29, 0.717) is 5.75 Å². The molecule has 0 bridgehead atoms. The number of likely N-dealkylation sites (tertiary alicyclic amines) is 1. The molecule has 0 atom stereocenters. The number of benzene rings is 1. The summed E-state index contributed by atoms with van der Waals surface area (Å²) in [5.41, 5.74) is 0. The molecule has 1 fully saturated rings. The molecule has 1 saturated heterocycles. The highest BCUT2D eigenvalue weighted by Crippen LogP contribution is 2.13. The Bertz CT molecular complexity index is 469. The molecule has 5 nitrogen and oxygen atoms in total. The topological polar surface area (TPSA) is 55.8 Å². The maximum atomic E-state index is 11.7. The molecule has 1 aromatic rings. The van der Waals surface area contributed by atoms with Gasteiger partial charge in [0.2, 0.25) is 0 Å². The van der Waals surface area contributed by atoms with Crippen LogP contribution in [0, 0.1) is 3.57 Å². The molecule has 0 saturated carbocycles. The molecule has 20 heavy (non-hydrogen) atoms. The van der Waals surface area contributed by atoms with Gasteiger partial charge in [-0.2, -0.15) is 0 Å². The number of carbonyl (C=O) groups is 2. The van der Waals surface area contributed by atoms with Gasteiger partial charge >= 0.3 is 5.97 Å². The van der Waals surface area contributed by atoms with Crippen molar-refractivity contribution < 1.29 is 19.1 Å². The van der Waals surface area contributed by atoms with Crippen molar-refractivity contribution in [1.29, 1.82) is 0 Å². The van der Waals surface area contributed by atoms with E-state index in [9.17, 15) is 9.59 Å². The number of nitrogens with zero attached hydrogens (tertiary/aromatic N) is 1. The van der Waals surface area contributed by atoms with E-state index in [2.05, 4.69) is 22.6 Å². The van der Waals surface area contributed by atoms with E-state index in [1.54, 1.807) is 17.0 Å². The van der Waals surface area contributed by atoms with Crippen molar-refractivity contribution in [3.8, 4) is 5.75 Å². The molecular formula is C14H16INO4. The Morgan fingerprint density at radius 3 is 2.40 bits per heavy atom. The number of hydrogen-bond acceptors (Lipinski definition) is 4. The number of esters is 1. The molecule has 1 aliphatic rings. The molecule has 1 amide bonds. The zero-order valence-electron chi connectivity index (χ0n) is 11.0. The van der Waals surface area contributed by atoms with Crippen molar-refractivity contribution in [2.45, 2.75) is 12.8 Å². The molecule has 6 heteroatoms. The molecule has 0 radical (unpaired) electrons. The lowest BCUT2D eigenvalue weighted by molar-refractivity contribution is -0.153. The standard InChI is InChI=1S/C14H16INO4/c15-11-3-5-12(6-4-11)19-10-14(18)20-9-13(17)16-7-1-2-8-16/h3-6H,1-2,7-10H2. The van der Waals surface area contributed by atoms with Gasteiger partial charge < -0.3 is 14.4 Å². The number of rotatable bonds is 5. The number of carbonyl (C=O) groups excluding carboxylic acids is 2. The lowest BCUT2D eigenvalue weighted by Crippen LogP contribution is -2.32. The van der Waals surface area contributed by atoms with Crippen LogP contribution in [-0.2, 0) is 14.3 Å². The van der Waals surface area contributed by atoms with E-state index >= 15 is 0 Å². The molecular weight excluding hydrogens is 373 g/mol. The minimum absolute atomic E-state index is 0.134. The molecule has 2 rings (SSSR count). The lowest BCUT2D eigenvalue weighted by atomic mass is 10.3. The quantitative estimate of drug-likeness (QED) is 0.570. The first-order chi connectivity index (χ1) is 9.65. The highest BCUT2D eigenvalue weighted by molar-refractivity contribution is 14.1. The Kier molecular flexibility index (Phi) is 5.63. The van der Waals surface area contributed by atoms with Crippen molar-refractivity contribution in [3.63, 3.8) is 0 Å². The second kappa shape index (κ2) is 7.47. The first-order valence-electron chi connectivity index (χ1n) is 6.47. The zero-order chi connectivity index (χ0) is 14.4. The average molecular weight is 389 g/mol. The molecule has 0 aromatic heterocycles. The summed E-state index contributed by atoms with van der Waals surface area (Å²) in [4.78, 5) is 24.9. The van der Waals surface area contributed by atoms with E-state index in [1.807, 2.05) is 12.1 Å². The maximum Gasteiger partial charge on any atom is 0.344 e. The Balaban J connectivity index is 1.67. The number of amides is 1. The summed E-state index contributed by atoms with van der Waals surface area (Å²) < 4.78 is 11.3. The summed E-state index contributed by atoms with van der Waals surface area (Å²) in [6.45, 7) is 1.13. The van der Waals surface area contributed by atoms with E-state index in [-0.39, 0.29) is 19.1 Å². The summed E-state index contributed by atoms with van der Waals surface area (Å²) in [5, 5.41) is 0. The Labute approximate surface area is 131 Å². The Morgan fingerprint density at radius 2 is 1.75 bits per heavy atom. The Hall–Kier alpha value is -1.31. The third-order valence-corrected chi connectivity index (χ3v) is 3.70. The fraction of sp³-hybridized carbons (Fsp3) is 0.429. The molecule has 1 aromatic carbocycles. The minimum atomic E-state index is -0.531. The first-order valence-corrected chi connectivity index (χ1v) is 7.55. The summed E-state index contributed by atoms with van der Waals surface area (Å²) in [6.07, 6.45) is 2.05. The second-order valence-corrected chi connectivity index (χ2v) is 5.74. The van der Waals surface area contributed by atoms with Gasteiger partial charge in [-0.05, 0) is 59.7 Å². The van der Waals surface area contributed by atoms with Crippen molar-refractivity contribution in [2.75, 3.05) is 26.3 Å². The van der Waals surface area contributed by atoms with E-state index < -0.39 is 5.97 Å². The summed E-state index contributed by atoms with van der Waals surface area (Å²) in [6, 6.07) is 7.34. The highest BCUT2D eigenvalue weighted by Gasteiger charge is 2.19. The van der Waals surface area contributed by atoms with Crippen molar-refractivity contribution >= 4 is 34.5 Å². The molecule has 1 aliphatic heterocycles. The third kappa shape index (κ3) is 4.66.